The molecule has 0 aromatic carbocycles. The van der Waals surface area contributed by atoms with Crippen molar-refractivity contribution in [1.82, 2.24) is 29.5 Å². The predicted molar refractivity (Wildman–Crippen MR) is 227 cm³/mol. The molecule has 2 fully saturated rings. The van der Waals surface area contributed by atoms with E-state index in [4.69, 9.17) is 34.3 Å². The van der Waals surface area contributed by atoms with Gasteiger partial charge in [-0.25, -0.2) is 14.8 Å². The van der Waals surface area contributed by atoms with Gasteiger partial charge in [0.1, 0.15) is 29.9 Å². The Morgan fingerprint density at radius 1 is 0.927 bits per heavy atom. The van der Waals surface area contributed by atoms with E-state index in [1.165, 1.54) is 17.0 Å². The summed E-state index contributed by atoms with van der Waals surface area (Å²) in [6.45, 7) is 22.3. The molecule has 6 heterocycles. The highest BCUT2D eigenvalue weighted by Crippen LogP contribution is 2.44. The number of pyridine rings is 1. The van der Waals surface area contributed by atoms with Crippen LogP contribution in [-0.4, -0.2) is 96.1 Å². The molecular weight excluding hydrogens is 743 g/mol. The average Bonchev–Trinajstić information content (AvgIpc) is 3.88. The molecule has 55 heavy (non-hydrogen) atoms. The molecule has 0 radical (unpaired) electrons. The van der Waals surface area contributed by atoms with Gasteiger partial charge in [-0.05, 0) is 83.9 Å². The summed E-state index contributed by atoms with van der Waals surface area (Å²) in [5.41, 5.74) is 5.30. The van der Waals surface area contributed by atoms with E-state index in [1.807, 2.05) is 42.6 Å². The van der Waals surface area contributed by atoms with Crippen LogP contribution >= 0.6 is 11.3 Å². The number of anilines is 1. The standard InChI is InChI=1S/C41H61N7O4SSi2/c1-41(2,3)52-40(49)47-30-14-15-31(47)22-29(21-30)35-23-37(46(26-50-17-19-54(4,5)6)27-51-18-20-55(7,8)9)48-38(44-35)32(25-43-48)28-13-16-34(42-24-28)39-45-33-11-10-12-36(33)53-39/h13,16,23-25,29-31H,10-12,14-15,17-22,26-27H2,1-9H3/t29-,30+,31-. The number of amides is 1. The topological polar surface area (TPSA) is 107 Å². The molecule has 3 atom stereocenters. The molecule has 0 unspecified atom stereocenters. The number of hydrogen-bond donors (Lipinski definition) is 0. The maximum atomic E-state index is 13.4. The van der Waals surface area contributed by atoms with Crippen LogP contribution in [-0.2, 0) is 27.1 Å². The number of aryl methyl sites for hydroxylation is 2. The van der Waals surface area contributed by atoms with Gasteiger partial charge in [0.25, 0.3) is 0 Å². The summed E-state index contributed by atoms with van der Waals surface area (Å²) >= 11 is 1.77. The molecule has 4 aromatic heterocycles. The summed E-state index contributed by atoms with van der Waals surface area (Å²) in [4.78, 5) is 34.2. The second kappa shape index (κ2) is 16.0. The molecule has 4 aromatic rings. The van der Waals surface area contributed by atoms with E-state index < -0.39 is 21.7 Å². The van der Waals surface area contributed by atoms with Crippen molar-refractivity contribution < 1.29 is 19.0 Å². The third-order valence-corrected chi connectivity index (χ3v) is 15.5. The van der Waals surface area contributed by atoms with Crippen molar-refractivity contribution in [2.75, 3.05) is 31.6 Å². The molecule has 11 nitrogen and oxygen atoms in total. The minimum Gasteiger partial charge on any atom is -0.444 e. The van der Waals surface area contributed by atoms with Crippen LogP contribution in [0.3, 0.4) is 0 Å². The highest BCUT2D eigenvalue weighted by Gasteiger charge is 2.45. The lowest BCUT2D eigenvalue weighted by atomic mass is 9.88. The average molecular weight is 804 g/mol. The van der Waals surface area contributed by atoms with Crippen LogP contribution in [0.5, 0.6) is 0 Å². The number of rotatable bonds is 14. The lowest BCUT2D eigenvalue weighted by Crippen LogP contribution is -2.48. The second-order valence-corrected chi connectivity index (χ2v) is 31.5. The summed E-state index contributed by atoms with van der Waals surface area (Å²) in [7, 11) is -2.55. The number of thiazole rings is 1. The molecule has 2 bridgehead atoms. The van der Waals surface area contributed by atoms with Crippen LogP contribution in [0.25, 0.3) is 27.5 Å². The third kappa shape index (κ3) is 9.69. The lowest BCUT2D eigenvalue weighted by Gasteiger charge is -2.39. The predicted octanol–water partition coefficient (Wildman–Crippen LogP) is 9.48. The van der Waals surface area contributed by atoms with Crippen molar-refractivity contribution in [3.8, 4) is 21.8 Å². The smallest absolute Gasteiger partial charge is 0.410 e. The van der Waals surface area contributed by atoms with E-state index in [0.717, 1.165) is 89.6 Å². The van der Waals surface area contributed by atoms with Gasteiger partial charge in [0.2, 0.25) is 0 Å². The zero-order valence-corrected chi connectivity index (χ0v) is 37.3. The Labute approximate surface area is 333 Å². The fourth-order valence-electron chi connectivity index (χ4n) is 7.89. The van der Waals surface area contributed by atoms with Crippen molar-refractivity contribution in [3.63, 3.8) is 0 Å². The van der Waals surface area contributed by atoms with Gasteiger partial charge in [-0.1, -0.05) is 45.3 Å². The Hall–Kier alpha value is -3.18. The van der Waals surface area contributed by atoms with E-state index in [9.17, 15) is 4.79 Å². The monoisotopic (exact) mass is 803 g/mol. The fraction of sp³-hybridized carbons (Fsp3) is 0.634. The number of carbonyl (C=O) groups is 1. The summed E-state index contributed by atoms with van der Waals surface area (Å²) in [6, 6.07) is 8.82. The summed E-state index contributed by atoms with van der Waals surface area (Å²) in [6.07, 6.45) is 10.7. The number of fused-ring (bicyclic) bond motifs is 4. The molecule has 14 heteroatoms. The summed E-state index contributed by atoms with van der Waals surface area (Å²) in [5.74, 6) is 1.08. The van der Waals surface area contributed by atoms with Crippen molar-refractivity contribution in [2.24, 2.45) is 0 Å². The van der Waals surface area contributed by atoms with Crippen LogP contribution in [0.15, 0.2) is 30.6 Å². The zero-order valence-electron chi connectivity index (χ0n) is 34.5. The van der Waals surface area contributed by atoms with E-state index in [2.05, 4.69) is 62.4 Å². The highest BCUT2D eigenvalue weighted by atomic mass is 32.1. The Balaban J connectivity index is 1.23. The summed E-state index contributed by atoms with van der Waals surface area (Å²) in [5, 5.41) is 5.96. The molecule has 2 aliphatic heterocycles. The maximum absolute atomic E-state index is 13.4. The number of ether oxygens (including phenoxy) is 3. The van der Waals surface area contributed by atoms with Crippen molar-refractivity contribution in [1.29, 1.82) is 0 Å². The molecule has 7 rings (SSSR count). The van der Waals surface area contributed by atoms with Gasteiger partial charge in [-0.2, -0.15) is 9.61 Å². The minimum atomic E-state index is -1.28. The first-order valence-corrected chi connectivity index (χ1v) is 28.5. The normalized spacial score (nSPS) is 20.0. The van der Waals surface area contributed by atoms with Crippen molar-refractivity contribution in [2.45, 2.75) is 141 Å². The van der Waals surface area contributed by atoms with Crippen LogP contribution < -0.4 is 4.90 Å². The first-order valence-electron chi connectivity index (χ1n) is 20.3. The molecule has 0 spiro atoms. The van der Waals surface area contributed by atoms with Crippen molar-refractivity contribution >= 4 is 45.0 Å². The van der Waals surface area contributed by atoms with Crippen LogP contribution in [0, 0.1) is 0 Å². The number of aromatic nitrogens is 5. The third-order valence-electron chi connectivity index (χ3n) is 10.9. The van der Waals surface area contributed by atoms with E-state index in [-0.39, 0.29) is 24.1 Å². The molecule has 2 saturated heterocycles. The number of hydrogen-bond acceptors (Lipinski definition) is 10. The lowest BCUT2D eigenvalue weighted by molar-refractivity contribution is 0.00568. The SMILES string of the molecule is CC(C)(C)OC(=O)N1[C@@H]2CC[C@H]1C[C@@H](c1cc(N(COCC[Si](C)(C)C)COCC[Si](C)(C)C)n3ncc(-c4ccc(-c5nc6c(s5)CCC6)nc4)c3n1)C2. The highest BCUT2D eigenvalue weighted by molar-refractivity contribution is 7.15. The largest absolute Gasteiger partial charge is 0.444 e. The van der Waals surface area contributed by atoms with Crippen LogP contribution in [0.4, 0.5) is 10.6 Å². The van der Waals surface area contributed by atoms with E-state index in [0.29, 0.717) is 26.7 Å². The molecule has 1 aliphatic carbocycles. The van der Waals surface area contributed by atoms with Crippen LogP contribution in [0.2, 0.25) is 51.4 Å². The maximum Gasteiger partial charge on any atom is 0.410 e. The molecule has 0 saturated carbocycles. The van der Waals surface area contributed by atoms with Gasteiger partial charge in [-0.3, -0.25) is 4.98 Å². The van der Waals surface area contributed by atoms with E-state index in [1.54, 1.807) is 11.3 Å². The Morgan fingerprint density at radius 3 is 2.18 bits per heavy atom. The Morgan fingerprint density at radius 2 is 1.60 bits per heavy atom. The quantitative estimate of drug-likeness (QED) is 0.0700. The zero-order chi connectivity index (χ0) is 39.1. The summed E-state index contributed by atoms with van der Waals surface area (Å²) < 4.78 is 20.6. The first kappa shape index (κ1) is 40.0. The molecule has 0 N–H and O–H groups in total. The van der Waals surface area contributed by atoms with Gasteiger partial charge < -0.3 is 24.0 Å². The van der Waals surface area contributed by atoms with Gasteiger partial charge >= 0.3 is 6.09 Å². The number of carbonyl (C=O) groups excluding carboxylic acids is 1. The first-order chi connectivity index (χ1) is 26.0. The molecule has 1 amide bonds. The van der Waals surface area contributed by atoms with Gasteiger partial charge in [-0.15, -0.1) is 11.3 Å². The van der Waals surface area contributed by atoms with Crippen LogP contribution in [0.1, 0.15) is 75.1 Å². The van der Waals surface area contributed by atoms with Gasteiger partial charge in [0.15, 0.2) is 5.65 Å². The number of piperidine rings is 1. The number of nitrogens with zero attached hydrogens (tertiary/aromatic N) is 7. The van der Waals surface area contributed by atoms with Gasteiger partial charge in [0, 0.05) is 81.3 Å². The Bertz CT molecular complexity index is 1910. The second-order valence-electron chi connectivity index (χ2n) is 19.2. The fourth-order valence-corrected chi connectivity index (χ4v) is 10.5. The molecular formula is C41H61N7O4SSi2. The minimum absolute atomic E-state index is 0.124. The van der Waals surface area contributed by atoms with Crippen molar-refractivity contribution in [3.05, 3.63) is 46.9 Å². The molecule has 3 aliphatic rings. The Kier molecular flexibility index (Phi) is 11.6. The van der Waals surface area contributed by atoms with Gasteiger partial charge in [0.05, 0.1) is 17.6 Å². The van der Waals surface area contributed by atoms with E-state index >= 15 is 0 Å². The molecule has 298 valence electrons.